The number of ether oxygens (including phenoxy) is 2. The summed E-state index contributed by atoms with van der Waals surface area (Å²) in [6, 6.07) is 0. The molecule has 5 nitrogen and oxygen atoms in total. The highest BCUT2D eigenvalue weighted by Gasteiger charge is 2.39. The van der Waals surface area contributed by atoms with E-state index in [9.17, 15) is 0 Å². The molecule has 0 amide bonds. The maximum Gasteiger partial charge on any atom is 0.163 e. The van der Waals surface area contributed by atoms with Crippen LogP contribution in [-0.4, -0.2) is 37.3 Å². The second-order valence-electron chi connectivity index (χ2n) is 6.37. The van der Waals surface area contributed by atoms with Crippen molar-refractivity contribution in [3.8, 4) is 0 Å². The highest BCUT2D eigenvalue weighted by Crippen LogP contribution is 2.38. The van der Waals surface area contributed by atoms with Gasteiger partial charge in [-0.3, -0.25) is 0 Å². The lowest BCUT2D eigenvalue weighted by Crippen LogP contribution is -2.38. The van der Waals surface area contributed by atoms with E-state index in [-0.39, 0.29) is 5.41 Å². The molecule has 1 aliphatic heterocycles. The van der Waals surface area contributed by atoms with Crippen LogP contribution in [0.2, 0.25) is 0 Å². The summed E-state index contributed by atoms with van der Waals surface area (Å²) in [4.78, 5) is 9.52. The van der Waals surface area contributed by atoms with E-state index in [0.717, 1.165) is 34.7 Å². The summed E-state index contributed by atoms with van der Waals surface area (Å²) in [5, 5.41) is 3.14. The van der Waals surface area contributed by atoms with Gasteiger partial charge in [0.05, 0.1) is 10.2 Å². The van der Waals surface area contributed by atoms with Crippen molar-refractivity contribution >= 4 is 21.7 Å². The van der Waals surface area contributed by atoms with E-state index in [4.69, 9.17) is 14.5 Å². The highest BCUT2D eigenvalue weighted by molar-refractivity contribution is 9.10. The topological polar surface area (TPSA) is 56.3 Å². The Labute approximate surface area is 135 Å². The molecule has 0 aliphatic carbocycles. The molecule has 0 saturated carbocycles. The van der Waals surface area contributed by atoms with Gasteiger partial charge in [0, 0.05) is 45.6 Å². The zero-order valence-corrected chi connectivity index (χ0v) is 15.0. The lowest BCUT2D eigenvalue weighted by molar-refractivity contribution is -0.100. The fraction of sp³-hybridized carbons (Fsp3) is 0.733. The third-order valence-corrected chi connectivity index (χ3v) is 4.65. The van der Waals surface area contributed by atoms with Gasteiger partial charge in [-0.1, -0.05) is 20.8 Å². The molecule has 0 aromatic carbocycles. The van der Waals surface area contributed by atoms with Gasteiger partial charge in [0.25, 0.3) is 0 Å². The Kier molecular flexibility index (Phi) is 4.90. The second kappa shape index (κ2) is 6.18. The van der Waals surface area contributed by atoms with Crippen LogP contribution >= 0.6 is 15.9 Å². The molecule has 0 bridgehead atoms. The maximum absolute atomic E-state index is 5.82. The first-order chi connectivity index (χ1) is 9.84. The van der Waals surface area contributed by atoms with E-state index in [2.05, 4.69) is 47.0 Å². The Hall–Kier alpha value is -0.720. The number of rotatable bonds is 3. The van der Waals surface area contributed by atoms with Gasteiger partial charge in [-0.05, 0) is 15.9 Å². The van der Waals surface area contributed by atoms with Crippen molar-refractivity contribution in [3.05, 3.63) is 16.0 Å². The van der Waals surface area contributed by atoms with Crippen LogP contribution in [0, 0.1) is 0 Å². The Bertz CT molecular complexity index is 508. The Morgan fingerprint density at radius 3 is 2.33 bits per heavy atom. The normalized spacial score (nSPS) is 18.6. The predicted octanol–water partition coefficient (Wildman–Crippen LogP) is 3.23. The Morgan fingerprint density at radius 2 is 1.86 bits per heavy atom. The van der Waals surface area contributed by atoms with Crippen LogP contribution in [-0.2, 0) is 20.5 Å². The first kappa shape index (κ1) is 16.6. The van der Waals surface area contributed by atoms with Gasteiger partial charge >= 0.3 is 0 Å². The van der Waals surface area contributed by atoms with Crippen molar-refractivity contribution in [2.75, 3.05) is 32.7 Å². The molecular weight excluding hydrogens is 334 g/mol. The van der Waals surface area contributed by atoms with Crippen LogP contribution in [0.1, 0.15) is 45.1 Å². The number of nitrogens with zero attached hydrogens (tertiary/aromatic N) is 2. The SMILES string of the molecule is CNc1nc(C2(OC)CCOCC2)nc(C(C)(C)C)c1Br. The third kappa shape index (κ3) is 3.22. The molecule has 0 atom stereocenters. The average Bonchev–Trinajstić information content (AvgIpc) is 2.47. The molecule has 2 rings (SSSR count). The number of nitrogens with one attached hydrogen (secondary N) is 1. The summed E-state index contributed by atoms with van der Waals surface area (Å²) >= 11 is 3.62. The number of halogens is 1. The van der Waals surface area contributed by atoms with Gasteiger partial charge in [0.15, 0.2) is 5.82 Å². The Morgan fingerprint density at radius 1 is 1.24 bits per heavy atom. The first-order valence-corrected chi connectivity index (χ1v) is 8.02. The predicted molar refractivity (Wildman–Crippen MR) is 86.7 cm³/mol. The van der Waals surface area contributed by atoms with Gasteiger partial charge in [-0.2, -0.15) is 0 Å². The van der Waals surface area contributed by atoms with Gasteiger partial charge in [-0.25, -0.2) is 9.97 Å². The molecule has 21 heavy (non-hydrogen) atoms. The van der Waals surface area contributed by atoms with Crippen LogP contribution in [0.25, 0.3) is 0 Å². The maximum atomic E-state index is 5.82. The molecule has 0 unspecified atom stereocenters. The molecule has 1 fully saturated rings. The number of anilines is 1. The van der Waals surface area contributed by atoms with E-state index in [0.29, 0.717) is 13.2 Å². The monoisotopic (exact) mass is 357 g/mol. The van der Waals surface area contributed by atoms with Crippen molar-refractivity contribution in [2.24, 2.45) is 0 Å². The first-order valence-electron chi connectivity index (χ1n) is 7.23. The number of hydrogen-bond donors (Lipinski definition) is 1. The molecule has 1 aliphatic rings. The fourth-order valence-electron chi connectivity index (χ4n) is 2.53. The van der Waals surface area contributed by atoms with Crippen LogP contribution in [0.4, 0.5) is 5.82 Å². The minimum absolute atomic E-state index is 0.0811. The van der Waals surface area contributed by atoms with Crippen LogP contribution in [0.15, 0.2) is 4.47 Å². The molecule has 1 saturated heterocycles. The molecule has 1 aromatic rings. The second-order valence-corrected chi connectivity index (χ2v) is 7.16. The summed E-state index contributed by atoms with van der Waals surface area (Å²) in [7, 11) is 3.60. The van der Waals surface area contributed by atoms with Crippen molar-refractivity contribution in [3.63, 3.8) is 0 Å². The minimum atomic E-state index is -0.454. The summed E-state index contributed by atoms with van der Waals surface area (Å²) in [6.07, 6.45) is 1.55. The number of methoxy groups -OCH3 is 1. The minimum Gasteiger partial charge on any atom is -0.381 e. The van der Waals surface area contributed by atoms with Crippen molar-refractivity contribution in [1.82, 2.24) is 9.97 Å². The van der Waals surface area contributed by atoms with Crippen molar-refractivity contribution in [2.45, 2.75) is 44.6 Å². The van der Waals surface area contributed by atoms with E-state index < -0.39 is 5.60 Å². The molecule has 0 radical (unpaired) electrons. The van der Waals surface area contributed by atoms with Crippen LogP contribution in [0.5, 0.6) is 0 Å². The number of hydrogen-bond acceptors (Lipinski definition) is 5. The summed E-state index contributed by atoms with van der Waals surface area (Å²) in [5.74, 6) is 1.54. The van der Waals surface area contributed by atoms with E-state index >= 15 is 0 Å². The molecule has 2 heterocycles. The zero-order valence-electron chi connectivity index (χ0n) is 13.4. The lowest BCUT2D eigenvalue weighted by Gasteiger charge is -2.35. The van der Waals surface area contributed by atoms with Crippen LogP contribution in [0.3, 0.4) is 0 Å². The summed E-state index contributed by atoms with van der Waals surface area (Å²) < 4.78 is 12.2. The smallest absolute Gasteiger partial charge is 0.163 e. The quantitative estimate of drug-likeness (QED) is 0.899. The fourth-order valence-corrected chi connectivity index (χ4v) is 3.50. The van der Waals surface area contributed by atoms with Gasteiger partial charge in [0.2, 0.25) is 0 Å². The molecule has 6 heteroatoms. The Balaban J connectivity index is 2.58. The molecule has 1 N–H and O–H groups in total. The van der Waals surface area contributed by atoms with Gasteiger partial charge in [-0.15, -0.1) is 0 Å². The largest absolute Gasteiger partial charge is 0.381 e. The van der Waals surface area contributed by atoms with E-state index in [1.165, 1.54) is 0 Å². The molecule has 0 spiro atoms. The molecule has 1 aromatic heterocycles. The van der Waals surface area contributed by atoms with Gasteiger partial charge in [0.1, 0.15) is 11.4 Å². The van der Waals surface area contributed by atoms with E-state index in [1.54, 1.807) is 7.11 Å². The summed E-state index contributed by atoms with van der Waals surface area (Å²) in [6.45, 7) is 7.78. The van der Waals surface area contributed by atoms with Gasteiger partial charge < -0.3 is 14.8 Å². The molecule has 118 valence electrons. The number of aromatic nitrogens is 2. The molecular formula is C15H24BrN3O2. The van der Waals surface area contributed by atoms with Crippen molar-refractivity contribution < 1.29 is 9.47 Å². The van der Waals surface area contributed by atoms with Crippen LogP contribution < -0.4 is 5.32 Å². The van der Waals surface area contributed by atoms with Crippen molar-refractivity contribution in [1.29, 1.82) is 0 Å². The highest BCUT2D eigenvalue weighted by atomic mass is 79.9. The average molecular weight is 358 g/mol. The summed E-state index contributed by atoms with van der Waals surface area (Å²) in [5.41, 5.74) is 0.451. The standard InChI is InChI=1S/C15H24BrN3O2/c1-14(2,3)11-10(16)12(17-4)19-13(18-11)15(20-5)6-8-21-9-7-15/h6-9H2,1-5H3,(H,17,18,19). The lowest BCUT2D eigenvalue weighted by atomic mass is 9.89. The third-order valence-electron chi connectivity index (χ3n) is 3.90. The zero-order chi connectivity index (χ0) is 15.7. The van der Waals surface area contributed by atoms with E-state index in [1.807, 2.05) is 7.05 Å².